The highest BCUT2D eigenvalue weighted by Crippen LogP contribution is 2.28. The van der Waals surface area contributed by atoms with E-state index in [1.165, 1.54) is 11.3 Å². The Labute approximate surface area is 196 Å². The van der Waals surface area contributed by atoms with E-state index in [4.69, 9.17) is 0 Å². The minimum absolute atomic E-state index is 0.0440. The highest BCUT2D eigenvalue weighted by atomic mass is 32.1. The number of nitrogens with zero attached hydrogens (tertiary/aromatic N) is 3. The Hall–Kier alpha value is -3.55. The van der Waals surface area contributed by atoms with Crippen molar-refractivity contribution in [1.82, 2.24) is 14.8 Å². The average molecular weight is 457 g/mol. The average Bonchev–Trinajstić information content (AvgIpc) is 3.26. The summed E-state index contributed by atoms with van der Waals surface area (Å²) in [6.45, 7) is 3.25. The van der Waals surface area contributed by atoms with Crippen molar-refractivity contribution in [2.24, 2.45) is 0 Å². The van der Waals surface area contributed by atoms with Gasteiger partial charge in [-0.2, -0.15) is 0 Å². The Morgan fingerprint density at radius 2 is 1.52 bits per heavy atom. The number of nitrogens with one attached hydrogen (secondary N) is 1. The van der Waals surface area contributed by atoms with E-state index in [2.05, 4.69) is 22.2 Å². The number of benzene rings is 3. The van der Waals surface area contributed by atoms with Gasteiger partial charge in [-0.1, -0.05) is 53.8 Å². The second kappa shape index (κ2) is 9.13. The zero-order chi connectivity index (χ0) is 22.8. The summed E-state index contributed by atoms with van der Waals surface area (Å²) in [7, 11) is 2.07. The van der Waals surface area contributed by atoms with Crippen molar-refractivity contribution in [1.29, 1.82) is 0 Å². The van der Waals surface area contributed by atoms with Gasteiger partial charge in [0.1, 0.15) is 0 Å². The van der Waals surface area contributed by atoms with E-state index < -0.39 is 0 Å². The first-order valence-corrected chi connectivity index (χ1v) is 11.7. The lowest BCUT2D eigenvalue weighted by molar-refractivity contribution is 0.0664. The van der Waals surface area contributed by atoms with Gasteiger partial charge in [0.2, 0.25) is 0 Å². The first-order chi connectivity index (χ1) is 16.1. The van der Waals surface area contributed by atoms with Crippen molar-refractivity contribution < 1.29 is 9.59 Å². The zero-order valence-electron chi connectivity index (χ0n) is 18.3. The molecule has 3 aromatic carbocycles. The molecule has 166 valence electrons. The highest BCUT2D eigenvalue weighted by molar-refractivity contribution is 7.22. The number of piperazine rings is 1. The number of thiazole rings is 1. The third-order valence-electron chi connectivity index (χ3n) is 5.90. The lowest BCUT2D eigenvalue weighted by atomic mass is 10.0. The molecular weight excluding hydrogens is 432 g/mol. The molecule has 1 saturated heterocycles. The van der Waals surface area contributed by atoms with Crippen molar-refractivity contribution in [3.63, 3.8) is 0 Å². The minimum Gasteiger partial charge on any atom is -0.336 e. The Bertz CT molecular complexity index is 1290. The van der Waals surface area contributed by atoms with Crippen LogP contribution in [0.1, 0.15) is 20.7 Å². The SMILES string of the molecule is CN1CCN(C(=O)c2ccc3nc(NC(=O)c4ccc(-c5ccccc5)cc4)sc3c2)CC1. The third-order valence-corrected chi connectivity index (χ3v) is 6.83. The van der Waals surface area contributed by atoms with E-state index in [1.54, 1.807) is 0 Å². The molecule has 1 fully saturated rings. The molecule has 7 heteroatoms. The fourth-order valence-electron chi connectivity index (χ4n) is 3.92. The van der Waals surface area contributed by atoms with E-state index in [9.17, 15) is 9.59 Å². The number of anilines is 1. The molecule has 1 N–H and O–H groups in total. The molecule has 0 atom stereocenters. The van der Waals surface area contributed by atoms with E-state index in [-0.39, 0.29) is 11.8 Å². The summed E-state index contributed by atoms with van der Waals surface area (Å²) < 4.78 is 0.879. The normalized spacial score (nSPS) is 14.4. The van der Waals surface area contributed by atoms with Crippen LogP contribution in [0.15, 0.2) is 72.8 Å². The third kappa shape index (κ3) is 4.65. The molecule has 1 aromatic heterocycles. The fourth-order valence-corrected chi connectivity index (χ4v) is 4.82. The van der Waals surface area contributed by atoms with Gasteiger partial charge in [0.05, 0.1) is 10.2 Å². The van der Waals surface area contributed by atoms with Gasteiger partial charge in [0, 0.05) is 37.3 Å². The number of carbonyl (C=O) groups is 2. The lowest BCUT2D eigenvalue weighted by Crippen LogP contribution is -2.47. The molecule has 2 heterocycles. The van der Waals surface area contributed by atoms with Crippen molar-refractivity contribution in [2.45, 2.75) is 0 Å². The number of amides is 2. The van der Waals surface area contributed by atoms with Crippen LogP contribution in [0.5, 0.6) is 0 Å². The fraction of sp³-hybridized carbons (Fsp3) is 0.192. The summed E-state index contributed by atoms with van der Waals surface area (Å²) in [5, 5.41) is 3.41. The smallest absolute Gasteiger partial charge is 0.257 e. The molecule has 1 aliphatic rings. The van der Waals surface area contributed by atoms with Gasteiger partial charge in [0.25, 0.3) is 11.8 Å². The standard InChI is InChI=1S/C26H24N4O2S/c1-29-13-15-30(16-14-29)25(32)21-11-12-22-23(17-21)33-26(27-22)28-24(31)20-9-7-19(8-10-20)18-5-3-2-4-6-18/h2-12,17H,13-16H2,1H3,(H,27,28,31). The Morgan fingerprint density at radius 1 is 0.848 bits per heavy atom. The molecule has 0 bridgehead atoms. The van der Waals surface area contributed by atoms with Gasteiger partial charge >= 0.3 is 0 Å². The Kier molecular flexibility index (Phi) is 5.90. The number of rotatable bonds is 4. The van der Waals surface area contributed by atoms with Crippen LogP contribution in [-0.2, 0) is 0 Å². The molecule has 0 spiro atoms. The number of likely N-dealkylation sites (N-methyl/N-ethyl adjacent to an activating group) is 1. The summed E-state index contributed by atoms with van der Waals surface area (Å²) >= 11 is 1.38. The van der Waals surface area contributed by atoms with E-state index in [1.807, 2.05) is 77.7 Å². The van der Waals surface area contributed by atoms with E-state index in [0.29, 0.717) is 16.3 Å². The summed E-state index contributed by atoms with van der Waals surface area (Å²) in [6, 6.07) is 23.1. The van der Waals surface area contributed by atoms with Crippen molar-refractivity contribution in [3.8, 4) is 11.1 Å². The van der Waals surface area contributed by atoms with Gasteiger partial charge in [-0.25, -0.2) is 4.98 Å². The van der Waals surface area contributed by atoms with Gasteiger partial charge in [0.15, 0.2) is 5.13 Å². The van der Waals surface area contributed by atoms with Crippen molar-refractivity contribution in [3.05, 3.63) is 83.9 Å². The molecule has 0 radical (unpaired) electrons. The van der Waals surface area contributed by atoms with E-state index in [0.717, 1.165) is 47.5 Å². The summed E-state index contributed by atoms with van der Waals surface area (Å²) in [5.41, 5.74) is 4.16. The van der Waals surface area contributed by atoms with Gasteiger partial charge in [-0.15, -0.1) is 0 Å². The number of hydrogen-bond donors (Lipinski definition) is 1. The van der Waals surface area contributed by atoms with Crippen LogP contribution in [0, 0.1) is 0 Å². The second-order valence-electron chi connectivity index (χ2n) is 8.19. The van der Waals surface area contributed by atoms with Gasteiger partial charge in [-0.05, 0) is 48.5 Å². The minimum atomic E-state index is -0.206. The van der Waals surface area contributed by atoms with Crippen LogP contribution in [-0.4, -0.2) is 59.8 Å². The summed E-state index contributed by atoms with van der Waals surface area (Å²) in [5.74, 6) is -0.162. The first kappa shape index (κ1) is 21.3. The van der Waals surface area contributed by atoms with E-state index >= 15 is 0 Å². The largest absolute Gasteiger partial charge is 0.336 e. The molecule has 6 nitrogen and oxygen atoms in total. The van der Waals surface area contributed by atoms with Crippen LogP contribution in [0.25, 0.3) is 21.3 Å². The van der Waals surface area contributed by atoms with Crippen LogP contribution in [0.4, 0.5) is 5.13 Å². The maximum Gasteiger partial charge on any atom is 0.257 e. The Morgan fingerprint density at radius 3 is 2.24 bits per heavy atom. The number of carbonyl (C=O) groups excluding carboxylic acids is 2. The predicted octanol–water partition coefficient (Wildman–Crippen LogP) is 4.60. The molecule has 5 rings (SSSR count). The zero-order valence-corrected chi connectivity index (χ0v) is 19.1. The molecule has 2 amide bonds. The maximum atomic E-state index is 12.9. The molecular formula is C26H24N4O2S. The predicted molar refractivity (Wildman–Crippen MR) is 133 cm³/mol. The summed E-state index contributed by atoms with van der Waals surface area (Å²) in [4.78, 5) is 34.2. The summed E-state index contributed by atoms with van der Waals surface area (Å²) in [6.07, 6.45) is 0. The number of hydrogen-bond acceptors (Lipinski definition) is 5. The van der Waals surface area contributed by atoms with Gasteiger partial charge < -0.3 is 9.80 Å². The van der Waals surface area contributed by atoms with Crippen LogP contribution >= 0.6 is 11.3 Å². The molecule has 4 aromatic rings. The second-order valence-corrected chi connectivity index (χ2v) is 9.23. The molecule has 0 unspecified atom stereocenters. The lowest BCUT2D eigenvalue weighted by Gasteiger charge is -2.32. The topological polar surface area (TPSA) is 65.5 Å². The molecule has 1 aliphatic heterocycles. The number of fused-ring (bicyclic) bond motifs is 1. The number of aromatic nitrogens is 1. The van der Waals surface area contributed by atoms with Crippen molar-refractivity contribution >= 4 is 38.5 Å². The maximum absolute atomic E-state index is 12.9. The molecule has 0 saturated carbocycles. The quantitative estimate of drug-likeness (QED) is 0.487. The monoisotopic (exact) mass is 456 g/mol. The van der Waals surface area contributed by atoms with Crippen LogP contribution in [0.3, 0.4) is 0 Å². The highest BCUT2D eigenvalue weighted by Gasteiger charge is 2.21. The van der Waals surface area contributed by atoms with Gasteiger partial charge in [-0.3, -0.25) is 14.9 Å². The first-order valence-electron chi connectivity index (χ1n) is 10.9. The molecule has 33 heavy (non-hydrogen) atoms. The van der Waals surface area contributed by atoms with Crippen molar-refractivity contribution in [2.75, 3.05) is 38.5 Å². The molecule has 0 aliphatic carbocycles. The van der Waals surface area contributed by atoms with Crippen LogP contribution in [0.2, 0.25) is 0 Å². The Balaban J connectivity index is 1.29. The van der Waals surface area contributed by atoms with Crippen LogP contribution < -0.4 is 5.32 Å².